The zero-order valence-electron chi connectivity index (χ0n) is 52.9. The van der Waals surface area contributed by atoms with Crippen LogP contribution in [-0.4, -0.2) is 36.4 Å². The number of hydrogen-bond donors (Lipinski definition) is 1. The molecule has 0 fully saturated rings. The molecule has 0 saturated carbocycles. The number of hydrogen-bond acceptors (Lipinski definition) is 5. The minimum atomic E-state index is -0.776. The number of unbranched alkanes of at least 4 members (excludes halogenated alkanes) is 45. The summed E-state index contributed by atoms with van der Waals surface area (Å²) in [7, 11) is 0. The summed E-state index contributed by atoms with van der Waals surface area (Å²) in [5.74, 6) is -0.577. The van der Waals surface area contributed by atoms with Gasteiger partial charge in [0.15, 0.2) is 6.10 Å². The van der Waals surface area contributed by atoms with Gasteiger partial charge in [-0.05, 0) is 64.2 Å². The van der Waals surface area contributed by atoms with Crippen molar-refractivity contribution in [3.8, 4) is 0 Å². The Bertz CT molecular complexity index is 1390. The summed E-state index contributed by atoms with van der Waals surface area (Å²) in [6.45, 7) is 4.08. The fourth-order valence-corrected chi connectivity index (χ4v) is 10.6. The van der Waals surface area contributed by atoms with Crippen molar-refractivity contribution in [2.75, 3.05) is 13.2 Å². The molecule has 0 saturated heterocycles. The summed E-state index contributed by atoms with van der Waals surface area (Å²) in [5.41, 5.74) is 0. The summed E-state index contributed by atoms with van der Waals surface area (Å²) in [6.07, 6.45) is 96.6. The van der Waals surface area contributed by atoms with Crippen LogP contribution in [-0.2, 0) is 19.1 Å². The van der Waals surface area contributed by atoms with Crippen LogP contribution in [0.25, 0.3) is 0 Å². The van der Waals surface area contributed by atoms with Crippen molar-refractivity contribution in [3.05, 3.63) is 72.9 Å². The Morgan fingerprint density at radius 3 is 0.823 bits per heavy atom. The van der Waals surface area contributed by atoms with E-state index in [0.29, 0.717) is 12.8 Å². The molecule has 0 aromatic rings. The number of aliphatic hydroxyl groups excluding tert-OH is 1. The second-order valence-electron chi connectivity index (χ2n) is 23.6. The standard InChI is InChI=1S/C74H134O5/c1-3-5-7-9-11-13-15-17-19-21-23-25-27-29-31-33-35-36-37-39-40-42-44-46-48-50-52-54-56-58-60-62-64-66-68-73(76)78-71-72(70-75)79-74(77)69-67-65-63-61-59-57-55-53-51-49-47-45-43-41-38-34-32-30-28-26-24-22-20-18-16-14-12-10-8-6-4-2/h6,8,12,14,18,20,24,26,30,32,38,41,72,75H,3-5,7,9-11,13,15-17,19,21-23,25,27-29,31,33-37,39-40,42-71H2,1-2H3/b8-6-,14-12-,20-18-,26-24-,32-30-,41-38-. The first-order valence-electron chi connectivity index (χ1n) is 35.0. The fourth-order valence-electron chi connectivity index (χ4n) is 10.6. The molecule has 1 unspecified atom stereocenters. The molecule has 1 atom stereocenters. The molecule has 0 bridgehead atoms. The lowest BCUT2D eigenvalue weighted by Crippen LogP contribution is -2.28. The number of allylic oxidation sites excluding steroid dienone is 12. The van der Waals surface area contributed by atoms with Gasteiger partial charge in [-0.15, -0.1) is 0 Å². The molecule has 1 N–H and O–H groups in total. The number of aliphatic hydroxyl groups is 1. The summed E-state index contributed by atoms with van der Waals surface area (Å²) in [4.78, 5) is 24.7. The van der Waals surface area contributed by atoms with Gasteiger partial charge >= 0.3 is 11.9 Å². The summed E-state index contributed by atoms with van der Waals surface area (Å²) < 4.78 is 10.8. The second kappa shape index (κ2) is 69.6. The van der Waals surface area contributed by atoms with Gasteiger partial charge in [-0.1, -0.05) is 363 Å². The highest BCUT2D eigenvalue weighted by molar-refractivity contribution is 5.70. The Balaban J connectivity index is 3.42. The van der Waals surface area contributed by atoms with Gasteiger partial charge in [-0.25, -0.2) is 0 Å². The zero-order valence-corrected chi connectivity index (χ0v) is 52.9. The van der Waals surface area contributed by atoms with E-state index in [2.05, 4.69) is 86.8 Å². The summed E-state index contributed by atoms with van der Waals surface area (Å²) in [5, 5.41) is 9.70. The quantitative estimate of drug-likeness (QED) is 0.0373. The molecule has 0 amide bonds. The molecule has 0 radical (unpaired) electrons. The number of rotatable bonds is 65. The molecule has 0 aliphatic carbocycles. The smallest absolute Gasteiger partial charge is 0.306 e. The van der Waals surface area contributed by atoms with E-state index in [1.54, 1.807) is 0 Å². The van der Waals surface area contributed by atoms with Crippen LogP contribution in [0, 0.1) is 0 Å². The third-order valence-corrected chi connectivity index (χ3v) is 15.8. The molecule has 0 aliphatic heterocycles. The predicted octanol–water partition coefficient (Wildman–Crippen LogP) is 24.3. The van der Waals surface area contributed by atoms with E-state index in [0.717, 1.165) is 77.0 Å². The third-order valence-electron chi connectivity index (χ3n) is 15.8. The Kier molecular flexibility index (Phi) is 67.3. The number of carbonyl (C=O) groups is 2. The van der Waals surface area contributed by atoms with E-state index >= 15 is 0 Å². The van der Waals surface area contributed by atoms with Crippen molar-refractivity contribution in [2.24, 2.45) is 0 Å². The largest absolute Gasteiger partial charge is 0.462 e. The van der Waals surface area contributed by atoms with Crippen LogP contribution < -0.4 is 0 Å². The van der Waals surface area contributed by atoms with Crippen LogP contribution in [0.3, 0.4) is 0 Å². The Hall–Kier alpha value is -2.66. The van der Waals surface area contributed by atoms with E-state index in [9.17, 15) is 14.7 Å². The Labute approximate surface area is 493 Å². The minimum Gasteiger partial charge on any atom is -0.462 e. The molecule has 5 heteroatoms. The first-order chi connectivity index (χ1) is 39.1. The van der Waals surface area contributed by atoms with Gasteiger partial charge in [0.2, 0.25) is 0 Å². The van der Waals surface area contributed by atoms with Crippen molar-refractivity contribution in [3.63, 3.8) is 0 Å². The molecule has 0 aliphatic rings. The van der Waals surface area contributed by atoms with E-state index < -0.39 is 6.10 Å². The molecule has 0 heterocycles. The molecule has 0 aromatic heterocycles. The first kappa shape index (κ1) is 76.3. The van der Waals surface area contributed by atoms with Gasteiger partial charge in [0.05, 0.1) is 6.61 Å². The first-order valence-corrected chi connectivity index (χ1v) is 35.0. The van der Waals surface area contributed by atoms with Crippen LogP contribution >= 0.6 is 0 Å². The molecule has 79 heavy (non-hydrogen) atoms. The molecule has 460 valence electrons. The van der Waals surface area contributed by atoms with Crippen molar-refractivity contribution >= 4 is 11.9 Å². The van der Waals surface area contributed by atoms with Crippen molar-refractivity contribution in [2.45, 2.75) is 373 Å². The summed E-state index contributed by atoms with van der Waals surface area (Å²) in [6, 6.07) is 0. The van der Waals surface area contributed by atoms with Crippen LogP contribution in [0.4, 0.5) is 0 Å². The highest BCUT2D eigenvalue weighted by Crippen LogP contribution is 2.19. The van der Waals surface area contributed by atoms with E-state index in [4.69, 9.17) is 9.47 Å². The lowest BCUT2D eigenvalue weighted by Gasteiger charge is -2.15. The molecular formula is C74H134O5. The average molecular weight is 1100 g/mol. The molecular weight excluding hydrogens is 969 g/mol. The Morgan fingerprint density at radius 1 is 0.304 bits per heavy atom. The number of ether oxygens (including phenoxy) is 2. The number of carbonyl (C=O) groups excluding carboxylic acids is 2. The van der Waals surface area contributed by atoms with Crippen molar-refractivity contribution < 1.29 is 24.2 Å². The minimum absolute atomic E-state index is 0.0644. The maximum Gasteiger partial charge on any atom is 0.306 e. The highest BCUT2D eigenvalue weighted by atomic mass is 16.6. The van der Waals surface area contributed by atoms with E-state index in [1.165, 1.54) is 263 Å². The van der Waals surface area contributed by atoms with Gasteiger partial charge < -0.3 is 14.6 Å². The van der Waals surface area contributed by atoms with Crippen LogP contribution in [0.2, 0.25) is 0 Å². The number of esters is 2. The van der Waals surface area contributed by atoms with Gasteiger partial charge in [-0.2, -0.15) is 0 Å². The maximum absolute atomic E-state index is 12.4. The van der Waals surface area contributed by atoms with Crippen LogP contribution in [0.1, 0.15) is 367 Å². The van der Waals surface area contributed by atoms with Crippen molar-refractivity contribution in [1.29, 1.82) is 0 Å². The van der Waals surface area contributed by atoms with Gasteiger partial charge in [0, 0.05) is 12.8 Å². The lowest BCUT2D eigenvalue weighted by molar-refractivity contribution is -0.161. The van der Waals surface area contributed by atoms with Crippen LogP contribution in [0.5, 0.6) is 0 Å². The van der Waals surface area contributed by atoms with E-state index in [1.807, 2.05) is 0 Å². The van der Waals surface area contributed by atoms with Crippen molar-refractivity contribution in [1.82, 2.24) is 0 Å². The Morgan fingerprint density at radius 2 is 0.544 bits per heavy atom. The van der Waals surface area contributed by atoms with Gasteiger partial charge in [-0.3, -0.25) is 9.59 Å². The van der Waals surface area contributed by atoms with E-state index in [-0.39, 0.29) is 25.2 Å². The maximum atomic E-state index is 12.4. The van der Waals surface area contributed by atoms with Crippen LogP contribution in [0.15, 0.2) is 72.9 Å². The fraction of sp³-hybridized carbons (Fsp3) is 0.811. The average Bonchev–Trinajstić information content (AvgIpc) is 3.45. The normalized spacial score (nSPS) is 12.6. The second-order valence-corrected chi connectivity index (χ2v) is 23.6. The molecule has 0 spiro atoms. The SMILES string of the molecule is CC/C=C\C/C=C\C/C=C\C/C=C\C/C=C\C/C=C\CCCCCCCCCCCCCCC(=O)OC(CO)COC(=O)CCCCCCCCCCCCCCCCCCCCCCCCCCCCCCCCCCCC. The third kappa shape index (κ3) is 67.7. The van der Waals surface area contributed by atoms with Gasteiger partial charge in [0.1, 0.15) is 6.61 Å². The van der Waals surface area contributed by atoms with Gasteiger partial charge in [0.25, 0.3) is 0 Å². The lowest BCUT2D eigenvalue weighted by atomic mass is 10.0. The molecule has 0 aromatic carbocycles. The monoisotopic (exact) mass is 1100 g/mol. The zero-order chi connectivity index (χ0) is 56.9. The molecule has 5 nitrogen and oxygen atoms in total. The topological polar surface area (TPSA) is 72.8 Å². The predicted molar refractivity (Wildman–Crippen MR) is 348 cm³/mol. The molecule has 0 rings (SSSR count). The highest BCUT2D eigenvalue weighted by Gasteiger charge is 2.16. The summed E-state index contributed by atoms with van der Waals surface area (Å²) >= 11 is 0.